The summed E-state index contributed by atoms with van der Waals surface area (Å²) in [6.45, 7) is 4.06. The lowest BCUT2D eigenvalue weighted by Crippen LogP contribution is -2.02. The summed E-state index contributed by atoms with van der Waals surface area (Å²) in [7, 11) is 1.51. The highest BCUT2D eigenvalue weighted by molar-refractivity contribution is 8.14. The molecule has 0 aliphatic heterocycles. The van der Waals surface area contributed by atoms with Crippen LogP contribution in [0, 0.1) is 12.8 Å². The van der Waals surface area contributed by atoms with Gasteiger partial charge in [-0.25, -0.2) is 0 Å². The maximum absolute atomic E-state index is 10.9. The highest BCUT2D eigenvalue weighted by atomic mass is 32.2. The summed E-state index contributed by atoms with van der Waals surface area (Å²) >= 11 is 0. The molecule has 0 bridgehead atoms. The van der Waals surface area contributed by atoms with Crippen LogP contribution in [0.4, 0.5) is 0 Å². The molecular formula is C20H24O2S. The zero-order chi connectivity index (χ0) is 16.8. The molecule has 0 saturated carbocycles. The van der Waals surface area contributed by atoms with Crippen molar-refractivity contribution in [3.05, 3.63) is 59.2 Å². The summed E-state index contributed by atoms with van der Waals surface area (Å²) < 4.78 is 5.21. The van der Waals surface area contributed by atoms with Gasteiger partial charge in [-0.05, 0) is 42.7 Å². The summed E-state index contributed by atoms with van der Waals surface area (Å²) in [6, 6.07) is 14.7. The molecule has 23 heavy (non-hydrogen) atoms. The standard InChI is InChI=1S/C20H24O2S/c1-15-5-10-20(23(4)14-16(2)13-21)18(11-15)12-17-6-8-19(22-3)9-7-17/h5-11,13,16H,4,12,14H2,1-3H3. The van der Waals surface area contributed by atoms with Crippen LogP contribution in [0.2, 0.25) is 0 Å². The van der Waals surface area contributed by atoms with Crippen molar-refractivity contribution < 1.29 is 9.53 Å². The second-order valence-electron chi connectivity index (χ2n) is 5.91. The second-order valence-corrected chi connectivity index (χ2v) is 7.67. The normalized spacial score (nSPS) is 13.3. The van der Waals surface area contributed by atoms with Crippen LogP contribution >= 0.6 is 10.5 Å². The summed E-state index contributed by atoms with van der Waals surface area (Å²) in [4.78, 5) is 12.2. The highest BCUT2D eigenvalue weighted by Crippen LogP contribution is 2.32. The number of carbonyl (C=O) groups is 1. The summed E-state index contributed by atoms with van der Waals surface area (Å²) in [5.41, 5.74) is 3.79. The fraction of sp³-hybridized carbons (Fsp3) is 0.300. The Labute approximate surface area is 141 Å². The molecule has 0 amide bonds. The molecular weight excluding hydrogens is 304 g/mol. The van der Waals surface area contributed by atoms with Crippen LogP contribution in [0.15, 0.2) is 47.4 Å². The third-order valence-electron chi connectivity index (χ3n) is 3.78. The number of benzene rings is 2. The van der Waals surface area contributed by atoms with E-state index in [0.717, 1.165) is 24.2 Å². The van der Waals surface area contributed by atoms with Gasteiger partial charge in [0.15, 0.2) is 0 Å². The van der Waals surface area contributed by atoms with Gasteiger partial charge in [0.25, 0.3) is 0 Å². The van der Waals surface area contributed by atoms with Gasteiger partial charge in [0.05, 0.1) is 7.11 Å². The third-order valence-corrected chi connectivity index (χ3v) is 5.73. The fourth-order valence-electron chi connectivity index (χ4n) is 2.54. The van der Waals surface area contributed by atoms with E-state index < -0.39 is 0 Å². The number of rotatable bonds is 7. The van der Waals surface area contributed by atoms with Crippen molar-refractivity contribution >= 4 is 22.6 Å². The van der Waals surface area contributed by atoms with Crippen LogP contribution in [0.3, 0.4) is 0 Å². The number of ether oxygens (including phenoxy) is 1. The molecule has 0 saturated heterocycles. The Morgan fingerprint density at radius 2 is 1.91 bits per heavy atom. The van der Waals surface area contributed by atoms with Crippen molar-refractivity contribution in [2.75, 3.05) is 12.9 Å². The first kappa shape index (κ1) is 17.5. The minimum atomic E-state index is -0.169. The monoisotopic (exact) mass is 328 g/mol. The van der Waals surface area contributed by atoms with E-state index in [1.165, 1.54) is 21.6 Å². The molecule has 2 nitrogen and oxygen atoms in total. The van der Waals surface area contributed by atoms with E-state index in [9.17, 15) is 4.79 Å². The molecule has 2 atom stereocenters. The quantitative estimate of drug-likeness (QED) is 0.553. The largest absolute Gasteiger partial charge is 0.497 e. The summed E-state index contributed by atoms with van der Waals surface area (Å²) in [5, 5.41) is 0. The number of aldehydes is 1. The Morgan fingerprint density at radius 3 is 2.52 bits per heavy atom. The van der Waals surface area contributed by atoms with Crippen LogP contribution < -0.4 is 4.74 Å². The Morgan fingerprint density at radius 1 is 1.22 bits per heavy atom. The van der Waals surface area contributed by atoms with Crippen molar-refractivity contribution in [2.24, 2.45) is 5.92 Å². The summed E-state index contributed by atoms with van der Waals surface area (Å²) in [5.74, 6) is 6.03. The van der Waals surface area contributed by atoms with E-state index in [1.807, 2.05) is 19.1 Å². The Kier molecular flexibility index (Phi) is 6.17. The molecule has 0 spiro atoms. The number of methoxy groups -OCH3 is 1. The molecule has 3 heteroatoms. The number of hydrogen-bond donors (Lipinski definition) is 0. The summed E-state index contributed by atoms with van der Waals surface area (Å²) in [6.07, 6.45) is 1.89. The lowest BCUT2D eigenvalue weighted by Gasteiger charge is -2.16. The van der Waals surface area contributed by atoms with Gasteiger partial charge in [0, 0.05) is 16.6 Å². The van der Waals surface area contributed by atoms with Gasteiger partial charge in [0.2, 0.25) is 0 Å². The lowest BCUT2D eigenvalue weighted by atomic mass is 10.0. The zero-order valence-electron chi connectivity index (χ0n) is 14.0. The molecule has 0 N–H and O–H groups in total. The van der Waals surface area contributed by atoms with Crippen LogP contribution in [0.1, 0.15) is 23.6 Å². The molecule has 0 aliphatic carbocycles. The minimum absolute atomic E-state index is 0.0472. The van der Waals surface area contributed by atoms with E-state index in [-0.39, 0.29) is 16.4 Å². The Hall–Kier alpha value is -1.87. The maximum Gasteiger partial charge on any atom is 0.123 e. The molecule has 2 unspecified atom stereocenters. The molecule has 0 aromatic heterocycles. The van der Waals surface area contributed by atoms with Gasteiger partial charge in [-0.3, -0.25) is 0 Å². The molecule has 122 valence electrons. The van der Waals surface area contributed by atoms with Crippen molar-refractivity contribution in [2.45, 2.75) is 25.2 Å². The topological polar surface area (TPSA) is 26.3 Å². The van der Waals surface area contributed by atoms with E-state index in [1.54, 1.807) is 7.11 Å². The van der Waals surface area contributed by atoms with E-state index in [4.69, 9.17) is 4.74 Å². The van der Waals surface area contributed by atoms with Crippen molar-refractivity contribution in [3.63, 3.8) is 0 Å². The maximum atomic E-state index is 10.9. The van der Waals surface area contributed by atoms with Gasteiger partial charge >= 0.3 is 0 Å². The molecule has 0 heterocycles. The molecule has 2 aromatic carbocycles. The molecule has 0 radical (unpaired) electrons. The third kappa shape index (κ3) is 4.80. The van der Waals surface area contributed by atoms with E-state index >= 15 is 0 Å². The smallest absolute Gasteiger partial charge is 0.123 e. The van der Waals surface area contributed by atoms with Crippen LogP contribution in [0.5, 0.6) is 5.75 Å². The average Bonchev–Trinajstić information content (AvgIpc) is 2.55. The predicted molar refractivity (Wildman–Crippen MR) is 100 cm³/mol. The first-order chi connectivity index (χ1) is 11.0. The van der Waals surface area contributed by atoms with Gasteiger partial charge < -0.3 is 9.53 Å². The van der Waals surface area contributed by atoms with Crippen LogP contribution in [-0.4, -0.2) is 25.0 Å². The number of carbonyl (C=O) groups excluding carboxylic acids is 1. The van der Waals surface area contributed by atoms with Crippen LogP contribution in [-0.2, 0) is 11.2 Å². The van der Waals surface area contributed by atoms with Gasteiger partial charge in [-0.15, -0.1) is 0 Å². The zero-order valence-corrected chi connectivity index (χ0v) is 14.9. The number of aryl methyl sites for hydroxylation is 1. The Bertz CT molecular complexity index is 689. The molecule has 2 aromatic rings. The van der Waals surface area contributed by atoms with Gasteiger partial charge in [-0.1, -0.05) is 42.6 Å². The lowest BCUT2D eigenvalue weighted by molar-refractivity contribution is -0.110. The molecule has 0 fully saturated rings. The Balaban J connectivity index is 2.27. The average molecular weight is 328 g/mol. The SMILES string of the molecule is C=S(CC(C)C=O)c1ccc(C)cc1Cc1ccc(OC)cc1. The van der Waals surface area contributed by atoms with E-state index in [0.29, 0.717) is 0 Å². The van der Waals surface area contributed by atoms with Gasteiger partial charge in [-0.2, -0.15) is 10.5 Å². The van der Waals surface area contributed by atoms with Crippen molar-refractivity contribution in [3.8, 4) is 5.75 Å². The van der Waals surface area contributed by atoms with Crippen molar-refractivity contribution in [1.29, 1.82) is 0 Å². The first-order valence-electron chi connectivity index (χ1n) is 7.71. The number of hydrogen-bond acceptors (Lipinski definition) is 2. The molecule has 0 aliphatic rings. The first-order valence-corrected chi connectivity index (χ1v) is 9.28. The van der Waals surface area contributed by atoms with Gasteiger partial charge in [0.1, 0.15) is 12.0 Å². The molecule has 2 rings (SSSR count). The van der Waals surface area contributed by atoms with Crippen LogP contribution in [0.25, 0.3) is 0 Å². The van der Waals surface area contributed by atoms with Crippen molar-refractivity contribution in [1.82, 2.24) is 0 Å². The minimum Gasteiger partial charge on any atom is -0.497 e. The predicted octanol–water partition coefficient (Wildman–Crippen LogP) is 4.49. The van der Waals surface area contributed by atoms with E-state index in [2.05, 4.69) is 43.1 Å². The fourth-order valence-corrected chi connectivity index (χ4v) is 4.19. The second kappa shape index (κ2) is 8.11. The highest BCUT2D eigenvalue weighted by Gasteiger charge is 2.10.